The van der Waals surface area contributed by atoms with Gasteiger partial charge in [-0.15, -0.1) is 0 Å². The fourth-order valence-electron chi connectivity index (χ4n) is 3.11. The van der Waals surface area contributed by atoms with E-state index in [0.29, 0.717) is 28.0 Å². The van der Waals surface area contributed by atoms with Gasteiger partial charge in [-0.1, -0.05) is 36.2 Å². The SMILES string of the molecule is CC[C@@H](C(=O)NC(C)(C)C)N(Cc1ccc(Cl)c(Cl)c1)C(=O)COc1ccc(OC)cc1. The van der Waals surface area contributed by atoms with Gasteiger partial charge in [-0.25, -0.2) is 0 Å². The fourth-order valence-corrected chi connectivity index (χ4v) is 3.43. The second-order valence-electron chi connectivity index (χ2n) is 8.40. The van der Waals surface area contributed by atoms with E-state index in [1.54, 1.807) is 49.6 Å². The maximum atomic E-state index is 13.2. The van der Waals surface area contributed by atoms with Crippen molar-refractivity contribution in [3.63, 3.8) is 0 Å². The molecule has 0 heterocycles. The molecular formula is C24H30Cl2N2O4. The zero-order chi connectivity index (χ0) is 23.9. The zero-order valence-corrected chi connectivity index (χ0v) is 20.6. The highest BCUT2D eigenvalue weighted by Gasteiger charge is 2.31. The molecule has 2 aromatic rings. The lowest BCUT2D eigenvalue weighted by atomic mass is 10.1. The summed E-state index contributed by atoms with van der Waals surface area (Å²) < 4.78 is 10.8. The largest absolute Gasteiger partial charge is 0.497 e. The topological polar surface area (TPSA) is 67.9 Å². The number of halogens is 2. The van der Waals surface area contributed by atoms with Crippen LogP contribution in [-0.4, -0.2) is 42.0 Å². The molecule has 174 valence electrons. The van der Waals surface area contributed by atoms with Crippen LogP contribution in [0.1, 0.15) is 39.7 Å². The molecule has 0 aromatic heterocycles. The van der Waals surface area contributed by atoms with Crippen molar-refractivity contribution in [2.45, 2.75) is 52.2 Å². The van der Waals surface area contributed by atoms with Crippen LogP contribution < -0.4 is 14.8 Å². The van der Waals surface area contributed by atoms with E-state index in [2.05, 4.69) is 5.32 Å². The molecule has 0 fully saturated rings. The number of carbonyl (C=O) groups excluding carboxylic acids is 2. The van der Waals surface area contributed by atoms with Crippen LogP contribution in [0.2, 0.25) is 10.0 Å². The number of benzene rings is 2. The number of ether oxygens (including phenoxy) is 2. The van der Waals surface area contributed by atoms with Gasteiger partial charge in [-0.2, -0.15) is 0 Å². The summed E-state index contributed by atoms with van der Waals surface area (Å²) in [5.41, 5.74) is 0.335. The predicted octanol–water partition coefficient (Wildman–Crippen LogP) is 5.10. The molecule has 0 radical (unpaired) electrons. The minimum atomic E-state index is -0.671. The maximum Gasteiger partial charge on any atom is 0.261 e. The highest BCUT2D eigenvalue weighted by atomic mass is 35.5. The molecule has 0 unspecified atom stereocenters. The Labute approximate surface area is 199 Å². The summed E-state index contributed by atoms with van der Waals surface area (Å²) >= 11 is 12.2. The van der Waals surface area contributed by atoms with Crippen molar-refractivity contribution in [3.8, 4) is 11.5 Å². The number of amides is 2. The molecule has 1 N–H and O–H groups in total. The van der Waals surface area contributed by atoms with E-state index in [1.165, 1.54) is 4.90 Å². The molecule has 32 heavy (non-hydrogen) atoms. The highest BCUT2D eigenvalue weighted by Crippen LogP contribution is 2.24. The van der Waals surface area contributed by atoms with Gasteiger partial charge in [0.15, 0.2) is 6.61 Å². The van der Waals surface area contributed by atoms with Gasteiger partial charge in [0, 0.05) is 12.1 Å². The maximum absolute atomic E-state index is 13.2. The van der Waals surface area contributed by atoms with Crippen molar-refractivity contribution in [3.05, 3.63) is 58.1 Å². The average molecular weight is 481 g/mol. The first-order chi connectivity index (χ1) is 15.0. The van der Waals surface area contributed by atoms with Crippen LogP contribution in [0.25, 0.3) is 0 Å². The Hall–Kier alpha value is -2.44. The molecule has 2 aromatic carbocycles. The molecule has 0 bridgehead atoms. The molecule has 0 aliphatic heterocycles. The van der Waals surface area contributed by atoms with Crippen LogP contribution in [-0.2, 0) is 16.1 Å². The molecule has 0 saturated carbocycles. The number of nitrogens with one attached hydrogen (secondary N) is 1. The van der Waals surface area contributed by atoms with Crippen molar-refractivity contribution >= 4 is 35.0 Å². The van der Waals surface area contributed by atoms with Gasteiger partial charge in [0.05, 0.1) is 17.2 Å². The molecule has 8 heteroatoms. The average Bonchev–Trinajstić information content (AvgIpc) is 2.73. The smallest absolute Gasteiger partial charge is 0.261 e. The van der Waals surface area contributed by atoms with E-state index < -0.39 is 11.6 Å². The second-order valence-corrected chi connectivity index (χ2v) is 9.21. The summed E-state index contributed by atoms with van der Waals surface area (Å²) in [5, 5.41) is 3.78. The summed E-state index contributed by atoms with van der Waals surface area (Å²) in [5.74, 6) is 0.677. The third-order valence-corrected chi connectivity index (χ3v) is 5.38. The van der Waals surface area contributed by atoms with E-state index in [9.17, 15) is 9.59 Å². The Balaban J connectivity index is 2.24. The van der Waals surface area contributed by atoms with Crippen LogP contribution in [0.3, 0.4) is 0 Å². The molecular weight excluding hydrogens is 451 g/mol. The molecule has 0 saturated heterocycles. The molecule has 2 rings (SSSR count). The highest BCUT2D eigenvalue weighted by molar-refractivity contribution is 6.42. The number of hydrogen-bond donors (Lipinski definition) is 1. The van der Waals surface area contributed by atoms with Crippen LogP contribution in [0.4, 0.5) is 0 Å². The second kappa shape index (κ2) is 11.4. The Morgan fingerprint density at radius 1 is 1.03 bits per heavy atom. The fraction of sp³-hybridized carbons (Fsp3) is 0.417. The first-order valence-corrected chi connectivity index (χ1v) is 11.1. The van der Waals surface area contributed by atoms with Gasteiger partial charge < -0.3 is 19.7 Å². The summed E-state index contributed by atoms with van der Waals surface area (Å²) in [4.78, 5) is 27.7. The normalized spacial score (nSPS) is 12.1. The monoisotopic (exact) mass is 480 g/mol. The van der Waals surface area contributed by atoms with E-state index in [4.69, 9.17) is 32.7 Å². The third kappa shape index (κ3) is 7.61. The Bertz CT molecular complexity index is 927. The van der Waals surface area contributed by atoms with Crippen molar-refractivity contribution in [1.82, 2.24) is 10.2 Å². The zero-order valence-electron chi connectivity index (χ0n) is 19.1. The van der Waals surface area contributed by atoms with Crippen LogP contribution in [0, 0.1) is 0 Å². The Morgan fingerprint density at radius 3 is 2.19 bits per heavy atom. The molecule has 2 amide bonds. The van der Waals surface area contributed by atoms with E-state index in [-0.39, 0.29) is 25.0 Å². The lowest BCUT2D eigenvalue weighted by Gasteiger charge is -2.33. The van der Waals surface area contributed by atoms with Crippen LogP contribution >= 0.6 is 23.2 Å². The quantitative estimate of drug-likeness (QED) is 0.541. The van der Waals surface area contributed by atoms with E-state index in [1.807, 2.05) is 27.7 Å². The number of carbonyl (C=O) groups is 2. The van der Waals surface area contributed by atoms with Gasteiger partial charge in [0.25, 0.3) is 5.91 Å². The van der Waals surface area contributed by atoms with Gasteiger partial charge >= 0.3 is 0 Å². The predicted molar refractivity (Wildman–Crippen MR) is 127 cm³/mol. The van der Waals surface area contributed by atoms with Crippen molar-refractivity contribution in [2.75, 3.05) is 13.7 Å². The van der Waals surface area contributed by atoms with Gasteiger partial charge in [0.2, 0.25) is 5.91 Å². The number of nitrogens with zero attached hydrogens (tertiary/aromatic N) is 1. The third-order valence-electron chi connectivity index (χ3n) is 4.64. The van der Waals surface area contributed by atoms with Crippen molar-refractivity contribution in [1.29, 1.82) is 0 Å². The summed E-state index contributed by atoms with van der Waals surface area (Å²) in [6.07, 6.45) is 0.442. The number of methoxy groups -OCH3 is 1. The van der Waals surface area contributed by atoms with Gasteiger partial charge in [-0.05, 0) is 69.2 Å². The molecule has 6 nitrogen and oxygen atoms in total. The molecule has 0 aliphatic carbocycles. The molecule has 1 atom stereocenters. The lowest BCUT2D eigenvalue weighted by molar-refractivity contribution is -0.143. The molecule has 0 aliphatic rings. The van der Waals surface area contributed by atoms with Gasteiger partial charge in [-0.3, -0.25) is 9.59 Å². The van der Waals surface area contributed by atoms with Crippen molar-refractivity contribution < 1.29 is 19.1 Å². The Kier molecular flexibility index (Phi) is 9.22. The van der Waals surface area contributed by atoms with E-state index in [0.717, 1.165) is 5.56 Å². The van der Waals surface area contributed by atoms with Crippen LogP contribution in [0.5, 0.6) is 11.5 Å². The number of rotatable bonds is 9. The van der Waals surface area contributed by atoms with Crippen molar-refractivity contribution in [2.24, 2.45) is 0 Å². The summed E-state index contributed by atoms with van der Waals surface area (Å²) in [6.45, 7) is 7.54. The van der Waals surface area contributed by atoms with Crippen LogP contribution in [0.15, 0.2) is 42.5 Å². The minimum absolute atomic E-state index is 0.192. The van der Waals surface area contributed by atoms with Gasteiger partial charge in [0.1, 0.15) is 17.5 Å². The first-order valence-electron chi connectivity index (χ1n) is 10.4. The Morgan fingerprint density at radius 2 is 1.66 bits per heavy atom. The summed E-state index contributed by atoms with van der Waals surface area (Å²) in [6, 6.07) is 11.4. The number of hydrogen-bond acceptors (Lipinski definition) is 4. The summed E-state index contributed by atoms with van der Waals surface area (Å²) in [7, 11) is 1.58. The lowest BCUT2D eigenvalue weighted by Crippen LogP contribution is -2.54. The molecule has 0 spiro atoms. The standard InChI is InChI=1S/C24H30Cl2N2O4/c1-6-21(23(30)27-24(2,3)4)28(14-16-7-12-19(25)20(26)13-16)22(29)15-32-18-10-8-17(31-5)9-11-18/h7-13,21H,6,14-15H2,1-5H3,(H,27,30)/t21-/m0/s1. The first kappa shape index (κ1) is 25.8. The minimum Gasteiger partial charge on any atom is -0.497 e. The van der Waals surface area contributed by atoms with E-state index >= 15 is 0 Å².